The third kappa shape index (κ3) is 5.22. The van der Waals surface area contributed by atoms with Gasteiger partial charge in [-0.15, -0.1) is 5.10 Å². The minimum atomic E-state index is -0.535. The van der Waals surface area contributed by atoms with Crippen molar-refractivity contribution >= 4 is 23.5 Å². The molecule has 0 unspecified atom stereocenters. The largest absolute Gasteiger partial charge is 0.415 e. The van der Waals surface area contributed by atoms with Crippen molar-refractivity contribution in [3.63, 3.8) is 0 Å². The summed E-state index contributed by atoms with van der Waals surface area (Å²) in [5.41, 5.74) is 12.7. The summed E-state index contributed by atoms with van der Waals surface area (Å²) in [4.78, 5) is 26.6. The molecule has 14 heteroatoms. The third-order valence-electron chi connectivity index (χ3n) is 5.17. The Morgan fingerprint density at radius 1 is 1.14 bits per heavy atom. The van der Waals surface area contributed by atoms with Gasteiger partial charge in [-0.1, -0.05) is 25.6 Å². The van der Waals surface area contributed by atoms with Gasteiger partial charge in [0.15, 0.2) is 5.69 Å². The highest BCUT2D eigenvalue weighted by Gasteiger charge is 2.26. The Bertz CT molecular complexity index is 1210. The topological polar surface area (TPSA) is 176 Å². The van der Waals surface area contributed by atoms with Crippen LogP contribution in [0.2, 0.25) is 0 Å². The van der Waals surface area contributed by atoms with Gasteiger partial charge in [-0.25, -0.2) is 9.42 Å². The Kier molecular flexibility index (Phi) is 6.91. The van der Waals surface area contributed by atoms with Gasteiger partial charge in [-0.05, 0) is 46.1 Å². The Labute approximate surface area is 200 Å². The van der Waals surface area contributed by atoms with Gasteiger partial charge < -0.3 is 20.1 Å². The number of nitrogens with zero attached hydrogens (tertiary/aromatic N) is 6. The van der Waals surface area contributed by atoms with Crippen molar-refractivity contribution in [1.29, 1.82) is 0 Å². The SMILES string of the molecule is C=C(NNC(=O)c1nnn(-c2nonc2N)c1C(C)C)c1ccc(OC(=O)N2CCOCC2)cc1. The normalized spacial score (nSPS) is 13.5. The molecule has 4 rings (SSSR count). The van der Waals surface area contributed by atoms with Crippen LogP contribution in [0, 0.1) is 0 Å². The maximum absolute atomic E-state index is 12.8. The lowest BCUT2D eigenvalue weighted by atomic mass is 10.1. The summed E-state index contributed by atoms with van der Waals surface area (Å²) in [5.74, 6) is -0.117. The minimum absolute atomic E-state index is 0.0225. The first-order valence-electron chi connectivity index (χ1n) is 10.8. The smallest absolute Gasteiger partial charge is 0.410 e. The van der Waals surface area contributed by atoms with Crippen LogP contribution < -0.4 is 21.3 Å². The molecule has 0 aliphatic carbocycles. The molecule has 0 radical (unpaired) electrons. The van der Waals surface area contributed by atoms with E-state index in [1.165, 1.54) is 4.68 Å². The summed E-state index contributed by atoms with van der Waals surface area (Å²) in [5, 5.41) is 15.2. The maximum Gasteiger partial charge on any atom is 0.415 e. The molecular weight excluding hydrogens is 458 g/mol. The molecule has 3 heterocycles. The first-order valence-corrected chi connectivity index (χ1v) is 10.8. The Hall–Kier alpha value is -4.46. The number of ether oxygens (including phenoxy) is 2. The lowest BCUT2D eigenvalue weighted by Gasteiger charge is -2.25. The number of amides is 2. The first kappa shape index (κ1) is 23.7. The molecule has 4 N–H and O–H groups in total. The summed E-state index contributed by atoms with van der Waals surface area (Å²) in [7, 11) is 0. The van der Waals surface area contributed by atoms with Crippen LogP contribution >= 0.6 is 0 Å². The number of rotatable bonds is 7. The number of morpholine rings is 1. The molecule has 1 aliphatic rings. The van der Waals surface area contributed by atoms with E-state index < -0.39 is 12.0 Å². The molecule has 2 aromatic heterocycles. The van der Waals surface area contributed by atoms with E-state index in [-0.39, 0.29) is 23.2 Å². The lowest BCUT2D eigenvalue weighted by molar-refractivity contribution is 0.0416. The highest BCUT2D eigenvalue weighted by Crippen LogP contribution is 2.23. The van der Waals surface area contributed by atoms with Gasteiger partial charge in [0.1, 0.15) is 5.75 Å². The summed E-state index contributed by atoms with van der Waals surface area (Å²) in [6, 6.07) is 6.70. The second-order valence-corrected chi connectivity index (χ2v) is 7.91. The minimum Gasteiger partial charge on any atom is -0.410 e. The van der Waals surface area contributed by atoms with Crippen molar-refractivity contribution in [1.82, 2.24) is 41.1 Å². The summed E-state index contributed by atoms with van der Waals surface area (Å²) < 4.78 is 16.6. The van der Waals surface area contributed by atoms with Gasteiger partial charge in [-0.3, -0.25) is 15.6 Å². The van der Waals surface area contributed by atoms with Crippen LogP contribution in [0.15, 0.2) is 35.5 Å². The van der Waals surface area contributed by atoms with E-state index in [1.807, 2.05) is 13.8 Å². The number of benzene rings is 1. The fourth-order valence-corrected chi connectivity index (χ4v) is 3.36. The monoisotopic (exact) mass is 483 g/mol. The number of carbonyl (C=O) groups is 2. The molecule has 1 fully saturated rings. The first-order chi connectivity index (χ1) is 16.8. The number of hydrazine groups is 1. The Morgan fingerprint density at radius 2 is 1.86 bits per heavy atom. The average molecular weight is 483 g/mol. The zero-order valence-electron chi connectivity index (χ0n) is 19.2. The van der Waals surface area contributed by atoms with Crippen molar-refractivity contribution in [2.24, 2.45) is 0 Å². The summed E-state index contributed by atoms with van der Waals surface area (Å²) in [6.07, 6.45) is -0.428. The van der Waals surface area contributed by atoms with E-state index in [0.29, 0.717) is 49.0 Å². The number of nitrogens with one attached hydrogen (secondary N) is 2. The van der Waals surface area contributed by atoms with Gasteiger partial charge >= 0.3 is 6.09 Å². The van der Waals surface area contributed by atoms with Gasteiger partial charge in [0.05, 0.1) is 24.6 Å². The van der Waals surface area contributed by atoms with Crippen molar-refractivity contribution in [3.8, 4) is 11.6 Å². The van der Waals surface area contributed by atoms with Gasteiger partial charge in [0.2, 0.25) is 11.6 Å². The van der Waals surface area contributed by atoms with Crippen LogP contribution in [0.3, 0.4) is 0 Å². The molecule has 1 saturated heterocycles. The van der Waals surface area contributed by atoms with E-state index in [4.69, 9.17) is 15.2 Å². The van der Waals surface area contributed by atoms with Crippen LogP contribution in [0.25, 0.3) is 11.5 Å². The average Bonchev–Trinajstić information content (AvgIpc) is 3.49. The molecular formula is C21H25N9O5. The number of hydrogen-bond donors (Lipinski definition) is 3. The van der Waals surface area contributed by atoms with E-state index in [0.717, 1.165) is 0 Å². The number of nitrogen functional groups attached to an aromatic ring is 1. The predicted octanol–water partition coefficient (Wildman–Crippen LogP) is 1.09. The van der Waals surface area contributed by atoms with E-state index in [2.05, 4.69) is 42.7 Å². The van der Waals surface area contributed by atoms with Crippen LogP contribution in [-0.2, 0) is 4.74 Å². The van der Waals surface area contributed by atoms with Crippen molar-refractivity contribution < 1.29 is 23.7 Å². The number of carbonyl (C=O) groups excluding carboxylic acids is 2. The molecule has 14 nitrogen and oxygen atoms in total. The highest BCUT2D eigenvalue weighted by molar-refractivity contribution is 5.93. The van der Waals surface area contributed by atoms with Crippen LogP contribution in [0.1, 0.15) is 41.5 Å². The lowest BCUT2D eigenvalue weighted by Crippen LogP contribution is -2.42. The summed E-state index contributed by atoms with van der Waals surface area (Å²) in [6.45, 7) is 9.64. The second kappa shape index (κ2) is 10.2. The predicted molar refractivity (Wildman–Crippen MR) is 122 cm³/mol. The fraction of sp³-hybridized carbons (Fsp3) is 0.333. The van der Waals surface area contributed by atoms with Crippen LogP contribution in [-0.4, -0.2) is 68.5 Å². The molecule has 0 bridgehead atoms. The molecule has 1 aromatic carbocycles. The fourth-order valence-electron chi connectivity index (χ4n) is 3.36. The van der Waals surface area contributed by atoms with E-state index in [9.17, 15) is 9.59 Å². The Morgan fingerprint density at radius 3 is 2.49 bits per heavy atom. The molecule has 0 saturated carbocycles. The zero-order chi connectivity index (χ0) is 24.9. The van der Waals surface area contributed by atoms with E-state index >= 15 is 0 Å². The van der Waals surface area contributed by atoms with Crippen molar-refractivity contribution in [2.45, 2.75) is 19.8 Å². The number of nitrogens with two attached hydrogens (primary N) is 1. The van der Waals surface area contributed by atoms with Crippen molar-refractivity contribution in [3.05, 3.63) is 47.8 Å². The second-order valence-electron chi connectivity index (χ2n) is 7.91. The Balaban J connectivity index is 1.37. The third-order valence-corrected chi connectivity index (χ3v) is 5.17. The quantitative estimate of drug-likeness (QED) is 0.410. The van der Waals surface area contributed by atoms with Gasteiger partial charge in [0, 0.05) is 13.1 Å². The summed E-state index contributed by atoms with van der Waals surface area (Å²) >= 11 is 0. The van der Waals surface area contributed by atoms with Crippen molar-refractivity contribution in [2.75, 3.05) is 32.0 Å². The van der Waals surface area contributed by atoms with Crippen LogP contribution in [0.4, 0.5) is 10.6 Å². The highest BCUT2D eigenvalue weighted by atomic mass is 16.6. The molecule has 35 heavy (non-hydrogen) atoms. The number of anilines is 1. The molecule has 0 spiro atoms. The molecule has 1 aliphatic heterocycles. The van der Waals surface area contributed by atoms with Crippen LogP contribution in [0.5, 0.6) is 5.75 Å². The maximum atomic E-state index is 12.8. The number of aromatic nitrogens is 5. The molecule has 0 atom stereocenters. The molecule has 184 valence electrons. The standard InChI is InChI=1S/C21H25N9O5/c1-12(2)17-16(24-28-30(17)19-18(22)26-35-27-19)20(31)25-23-13(3)14-4-6-15(7-5-14)34-21(32)29-8-10-33-11-9-29/h4-7,12,23H,3,8-11H2,1-2H3,(H2,22,26)(H,25,31). The molecule has 2 amide bonds. The van der Waals surface area contributed by atoms with Gasteiger partial charge in [0.25, 0.3) is 5.91 Å². The van der Waals surface area contributed by atoms with E-state index in [1.54, 1.807) is 29.2 Å². The zero-order valence-corrected chi connectivity index (χ0v) is 19.2. The van der Waals surface area contributed by atoms with Gasteiger partial charge in [-0.2, -0.15) is 4.68 Å². The molecule has 3 aromatic rings. The number of hydrogen-bond acceptors (Lipinski definition) is 11.